The molecule has 1 fully saturated rings. The molecule has 1 aromatic rings. The van der Waals surface area contributed by atoms with Crippen molar-refractivity contribution in [2.24, 2.45) is 10.8 Å². The summed E-state index contributed by atoms with van der Waals surface area (Å²) in [6.07, 6.45) is 4.22. The number of nitriles is 1. The second kappa shape index (κ2) is 4.76. The van der Waals surface area contributed by atoms with Crippen molar-refractivity contribution in [1.29, 1.82) is 5.26 Å². The van der Waals surface area contributed by atoms with Gasteiger partial charge in [0.05, 0.1) is 6.07 Å². The van der Waals surface area contributed by atoms with Gasteiger partial charge in [0.25, 0.3) is 0 Å². The Kier molecular flexibility index (Phi) is 3.44. The quantitative estimate of drug-likeness (QED) is 0.831. The maximum atomic E-state index is 12.5. The van der Waals surface area contributed by atoms with Gasteiger partial charge in [-0.1, -0.05) is 20.8 Å². The van der Waals surface area contributed by atoms with Gasteiger partial charge in [-0.05, 0) is 19.3 Å². The summed E-state index contributed by atoms with van der Waals surface area (Å²) in [5, 5.41) is 13.7. The molecule has 1 aromatic heterocycles. The van der Waals surface area contributed by atoms with Gasteiger partial charge in [0.15, 0.2) is 5.78 Å². The highest BCUT2D eigenvalue weighted by molar-refractivity contribution is 5.94. The number of hydrogen-bond donors (Lipinski definition) is 0. The number of carbonyl (C=O) groups excluding carboxylic acids is 1. The van der Waals surface area contributed by atoms with Crippen LogP contribution in [-0.4, -0.2) is 20.5 Å². The Labute approximate surface area is 113 Å². The van der Waals surface area contributed by atoms with Gasteiger partial charge in [-0.25, -0.2) is 4.98 Å². The number of aromatic nitrogens is 3. The van der Waals surface area contributed by atoms with Gasteiger partial charge in [-0.3, -0.25) is 9.48 Å². The molecule has 1 aliphatic carbocycles. The number of Topliss-reactive ketones (excluding diaryl/α,β-unsaturated/α-hetero) is 1. The minimum atomic E-state index is -0.915. The van der Waals surface area contributed by atoms with Crippen LogP contribution in [0, 0.1) is 22.2 Å². The zero-order valence-corrected chi connectivity index (χ0v) is 11.8. The molecule has 5 heteroatoms. The Morgan fingerprint density at radius 2 is 2.21 bits per heavy atom. The van der Waals surface area contributed by atoms with E-state index in [9.17, 15) is 10.1 Å². The number of aryl methyl sites for hydroxylation is 1. The van der Waals surface area contributed by atoms with Crippen LogP contribution in [0.25, 0.3) is 0 Å². The van der Waals surface area contributed by atoms with Gasteiger partial charge in [0.1, 0.15) is 17.6 Å². The molecule has 0 N–H and O–H groups in total. The van der Waals surface area contributed by atoms with Gasteiger partial charge < -0.3 is 0 Å². The summed E-state index contributed by atoms with van der Waals surface area (Å²) in [4.78, 5) is 16.7. The fourth-order valence-electron chi connectivity index (χ4n) is 2.81. The molecule has 1 aliphatic rings. The first-order valence-corrected chi connectivity index (χ1v) is 6.78. The number of ketones is 1. The molecule has 0 bridgehead atoms. The predicted molar refractivity (Wildman–Crippen MR) is 70.1 cm³/mol. The third-order valence-electron chi connectivity index (χ3n) is 4.03. The summed E-state index contributed by atoms with van der Waals surface area (Å²) >= 11 is 0. The van der Waals surface area contributed by atoms with E-state index < -0.39 is 10.8 Å². The predicted octanol–water partition coefficient (Wildman–Crippen LogP) is 2.13. The lowest BCUT2D eigenvalue weighted by atomic mass is 9.78. The second-order valence-electron chi connectivity index (χ2n) is 5.98. The molecule has 0 amide bonds. The van der Waals surface area contributed by atoms with Crippen molar-refractivity contribution in [3.63, 3.8) is 0 Å². The van der Waals surface area contributed by atoms with Crippen LogP contribution in [0.2, 0.25) is 0 Å². The van der Waals surface area contributed by atoms with Crippen LogP contribution in [0.3, 0.4) is 0 Å². The third-order valence-corrected chi connectivity index (χ3v) is 4.03. The van der Waals surface area contributed by atoms with Crippen molar-refractivity contribution in [2.45, 2.75) is 53.0 Å². The van der Waals surface area contributed by atoms with E-state index in [-0.39, 0.29) is 5.78 Å². The standard InChI is InChI=1S/C14H20N4O/c1-4-7-18-11(16-10-17-18)8-14(9-15)6-5-13(2,3)12(14)19/h10H,4-8H2,1-3H3. The van der Waals surface area contributed by atoms with Crippen LogP contribution in [0.15, 0.2) is 6.33 Å². The van der Waals surface area contributed by atoms with Crippen LogP contribution in [0.5, 0.6) is 0 Å². The Balaban J connectivity index is 2.28. The Bertz CT molecular complexity index is 526. The smallest absolute Gasteiger partial charge is 0.159 e. The van der Waals surface area contributed by atoms with Crippen molar-refractivity contribution in [3.05, 3.63) is 12.2 Å². The lowest BCUT2D eigenvalue weighted by Crippen LogP contribution is -2.34. The van der Waals surface area contributed by atoms with E-state index in [1.807, 2.05) is 13.8 Å². The minimum absolute atomic E-state index is 0.0496. The molecule has 19 heavy (non-hydrogen) atoms. The second-order valence-corrected chi connectivity index (χ2v) is 5.98. The molecule has 1 unspecified atom stereocenters. The molecule has 0 radical (unpaired) electrons. The lowest BCUT2D eigenvalue weighted by molar-refractivity contribution is -0.130. The molecule has 1 atom stereocenters. The number of rotatable bonds is 4. The average molecular weight is 260 g/mol. The van der Waals surface area contributed by atoms with E-state index in [4.69, 9.17) is 0 Å². The van der Waals surface area contributed by atoms with Crippen molar-refractivity contribution in [1.82, 2.24) is 14.8 Å². The molecule has 1 saturated carbocycles. The SMILES string of the molecule is CCCn1ncnc1CC1(C#N)CCC(C)(C)C1=O. The minimum Gasteiger partial charge on any atom is -0.297 e. The van der Waals surface area contributed by atoms with E-state index in [0.717, 1.165) is 25.2 Å². The molecular formula is C14H20N4O. The van der Waals surface area contributed by atoms with E-state index in [0.29, 0.717) is 12.8 Å². The molecule has 1 heterocycles. The molecule has 0 aliphatic heterocycles. The van der Waals surface area contributed by atoms with Crippen LogP contribution in [-0.2, 0) is 17.8 Å². The largest absolute Gasteiger partial charge is 0.297 e. The van der Waals surface area contributed by atoms with Gasteiger partial charge >= 0.3 is 0 Å². The number of hydrogen-bond acceptors (Lipinski definition) is 4. The van der Waals surface area contributed by atoms with Gasteiger partial charge in [-0.15, -0.1) is 0 Å². The Morgan fingerprint density at radius 1 is 1.47 bits per heavy atom. The topological polar surface area (TPSA) is 71.6 Å². The van der Waals surface area contributed by atoms with Crippen molar-refractivity contribution in [2.75, 3.05) is 0 Å². The third kappa shape index (κ3) is 2.27. The maximum Gasteiger partial charge on any atom is 0.159 e. The molecule has 5 nitrogen and oxygen atoms in total. The Hall–Kier alpha value is -1.70. The summed E-state index contributed by atoms with van der Waals surface area (Å²) in [5.74, 6) is 0.794. The van der Waals surface area contributed by atoms with E-state index in [1.54, 1.807) is 4.68 Å². The van der Waals surface area contributed by atoms with Crippen molar-refractivity contribution >= 4 is 5.78 Å². The molecular weight excluding hydrogens is 240 g/mol. The van der Waals surface area contributed by atoms with E-state index in [1.165, 1.54) is 6.33 Å². The van der Waals surface area contributed by atoms with Crippen LogP contribution >= 0.6 is 0 Å². The van der Waals surface area contributed by atoms with Crippen molar-refractivity contribution < 1.29 is 4.79 Å². The highest BCUT2D eigenvalue weighted by Crippen LogP contribution is 2.47. The lowest BCUT2D eigenvalue weighted by Gasteiger charge is -2.22. The maximum absolute atomic E-state index is 12.5. The Morgan fingerprint density at radius 3 is 2.74 bits per heavy atom. The van der Waals surface area contributed by atoms with Crippen LogP contribution in [0.4, 0.5) is 0 Å². The zero-order valence-electron chi connectivity index (χ0n) is 11.8. The average Bonchev–Trinajstić information content (AvgIpc) is 2.89. The van der Waals surface area contributed by atoms with E-state index in [2.05, 4.69) is 23.1 Å². The molecule has 102 valence electrons. The van der Waals surface area contributed by atoms with Crippen molar-refractivity contribution in [3.8, 4) is 6.07 Å². The molecule has 0 aromatic carbocycles. The highest BCUT2D eigenvalue weighted by Gasteiger charge is 2.52. The van der Waals surface area contributed by atoms with Gasteiger partial charge in [0, 0.05) is 18.4 Å². The highest BCUT2D eigenvalue weighted by atomic mass is 16.1. The van der Waals surface area contributed by atoms with Crippen LogP contribution in [0.1, 0.15) is 45.9 Å². The first kappa shape index (κ1) is 13.7. The molecule has 2 rings (SSSR count). The molecule has 0 spiro atoms. The fourth-order valence-corrected chi connectivity index (χ4v) is 2.81. The first-order valence-electron chi connectivity index (χ1n) is 6.78. The normalized spacial score (nSPS) is 25.5. The van der Waals surface area contributed by atoms with Crippen LogP contribution < -0.4 is 0 Å². The van der Waals surface area contributed by atoms with Gasteiger partial charge in [-0.2, -0.15) is 10.4 Å². The van der Waals surface area contributed by atoms with Gasteiger partial charge in [0.2, 0.25) is 0 Å². The van der Waals surface area contributed by atoms with E-state index >= 15 is 0 Å². The first-order chi connectivity index (χ1) is 8.95. The number of nitrogens with zero attached hydrogens (tertiary/aromatic N) is 4. The monoisotopic (exact) mass is 260 g/mol. The fraction of sp³-hybridized carbons (Fsp3) is 0.714. The summed E-state index contributed by atoms with van der Waals surface area (Å²) in [5.41, 5.74) is -1.31. The summed E-state index contributed by atoms with van der Waals surface area (Å²) in [7, 11) is 0. The number of carbonyl (C=O) groups is 1. The zero-order chi connectivity index (χ0) is 14.1. The molecule has 0 saturated heterocycles. The summed E-state index contributed by atoms with van der Waals surface area (Å²) < 4.78 is 1.80. The summed E-state index contributed by atoms with van der Waals surface area (Å²) in [6, 6.07) is 2.26. The summed E-state index contributed by atoms with van der Waals surface area (Å²) in [6.45, 7) is 6.68.